The highest BCUT2D eigenvalue weighted by Crippen LogP contribution is 2.32. The molecule has 0 bridgehead atoms. The van der Waals surface area contributed by atoms with Crippen LogP contribution in [0.5, 0.6) is 0 Å². The summed E-state index contributed by atoms with van der Waals surface area (Å²) >= 11 is 5.41. The van der Waals surface area contributed by atoms with Crippen LogP contribution in [0.3, 0.4) is 0 Å². The fourth-order valence-electron chi connectivity index (χ4n) is 1.60. The van der Waals surface area contributed by atoms with Gasteiger partial charge in [-0.2, -0.15) is 0 Å². The number of pyridine rings is 1. The molecule has 0 amide bonds. The monoisotopic (exact) mass is 270 g/mol. The van der Waals surface area contributed by atoms with Crippen molar-refractivity contribution in [3.05, 3.63) is 24.4 Å². The number of thiocarbonyl (C=S) groups is 1. The number of likely N-dealkylation sites (tertiary alicyclic amines) is 1. The topological polar surface area (TPSA) is 16.1 Å². The number of nitrogens with zero attached hydrogens (tertiary/aromatic N) is 2. The second-order valence-electron chi connectivity index (χ2n) is 3.65. The minimum atomic E-state index is 0.996. The summed E-state index contributed by atoms with van der Waals surface area (Å²) in [6.45, 7) is 2.24. The Balaban J connectivity index is 1.79. The van der Waals surface area contributed by atoms with Crippen molar-refractivity contribution in [3.63, 3.8) is 0 Å². The van der Waals surface area contributed by atoms with E-state index in [0.717, 1.165) is 22.4 Å². The Morgan fingerprint density at radius 1 is 1.25 bits per heavy atom. The van der Waals surface area contributed by atoms with Crippen molar-refractivity contribution < 1.29 is 0 Å². The van der Waals surface area contributed by atoms with Crippen molar-refractivity contribution >= 4 is 38.1 Å². The second-order valence-corrected chi connectivity index (χ2v) is 6.43. The van der Waals surface area contributed by atoms with Gasteiger partial charge in [-0.25, -0.2) is 4.98 Å². The molecule has 1 aliphatic rings. The maximum absolute atomic E-state index is 5.41. The maximum Gasteiger partial charge on any atom is 0.147 e. The predicted molar refractivity (Wildman–Crippen MR) is 75.7 cm³/mol. The summed E-state index contributed by atoms with van der Waals surface area (Å²) in [6, 6.07) is 5.94. The van der Waals surface area contributed by atoms with Crippen molar-refractivity contribution in [2.75, 3.05) is 13.1 Å². The highest BCUT2D eigenvalue weighted by molar-refractivity contribution is 8.83. The van der Waals surface area contributed by atoms with Crippen LogP contribution in [0.1, 0.15) is 19.3 Å². The molecule has 0 aliphatic carbocycles. The molecule has 1 saturated heterocycles. The van der Waals surface area contributed by atoms with Gasteiger partial charge in [-0.15, -0.1) is 0 Å². The minimum absolute atomic E-state index is 0.996. The lowest BCUT2D eigenvalue weighted by atomic mass is 10.1. The van der Waals surface area contributed by atoms with E-state index in [1.165, 1.54) is 19.3 Å². The third-order valence-electron chi connectivity index (χ3n) is 2.45. The molecule has 2 heterocycles. The first-order valence-electron chi connectivity index (χ1n) is 5.41. The van der Waals surface area contributed by atoms with Crippen LogP contribution in [0.25, 0.3) is 0 Å². The van der Waals surface area contributed by atoms with Gasteiger partial charge in [0, 0.05) is 19.3 Å². The van der Waals surface area contributed by atoms with Crippen LogP contribution >= 0.6 is 33.8 Å². The number of piperidine rings is 1. The van der Waals surface area contributed by atoms with Crippen molar-refractivity contribution in [1.29, 1.82) is 0 Å². The van der Waals surface area contributed by atoms with Crippen molar-refractivity contribution in [3.8, 4) is 0 Å². The van der Waals surface area contributed by atoms with E-state index >= 15 is 0 Å². The van der Waals surface area contributed by atoms with Gasteiger partial charge in [0.15, 0.2) is 0 Å². The average molecular weight is 270 g/mol. The molecule has 2 nitrogen and oxygen atoms in total. The highest BCUT2D eigenvalue weighted by atomic mass is 33.1. The van der Waals surface area contributed by atoms with Crippen LogP contribution in [0.2, 0.25) is 0 Å². The first kappa shape index (κ1) is 12.2. The lowest BCUT2D eigenvalue weighted by Gasteiger charge is -2.28. The smallest absolute Gasteiger partial charge is 0.147 e. The summed E-state index contributed by atoms with van der Waals surface area (Å²) in [4.78, 5) is 6.56. The Bertz CT molecular complexity index is 336. The molecule has 86 valence electrons. The SMILES string of the molecule is S=C(SSc1ccccn1)N1CCCCC1. The molecular weight excluding hydrogens is 256 g/mol. The molecule has 1 aromatic rings. The molecule has 1 fully saturated rings. The van der Waals surface area contributed by atoms with E-state index in [0.29, 0.717) is 0 Å². The summed E-state index contributed by atoms with van der Waals surface area (Å²) in [5, 5.41) is 1.02. The zero-order valence-corrected chi connectivity index (χ0v) is 11.4. The standard InChI is InChI=1S/C11H14N2S3/c14-11(13-8-4-1-5-9-13)16-15-10-6-2-3-7-12-10/h2-3,6-7H,1,4-5,8-9H2. The van der Waals surface area contributed by atoms with Crippen LogP contribution < -0.4 is 0 Å². The van der Waals surface area contributed by atoms with Crippen LogP contribution in [0.15, 0.2) is 29.4 Å². The largest absolute Gasteiger partial charge is 0.357 e. The number of hydrogen-bond donors (Lipinski definition) is 0. The first-order chi connectivity index (χ1) is 7.86. The lowest BCUT2D eigenvalue weighted by molar-refractivity contribution is 0.352. The van der Waals surface area contributed by atoms with Crippen LogP contribution in [-0.4, -0.2) is 27.3 Å². The van der Waals surface area contributed by atoms with Crippen LogP contribution in [0.4, 0.5) is 0 Å². The molecule has 1 aromatic heterocycles. The molecule has 0 unspecified atom stereocenters. The van der Waals surface area contributed by atoms with Gasteiger partial charge >= 0.3 is 0 Å². The average Bonchev–Trinajstić information content (AvgIpc) is 2.38. The number of rotatable bonds is 2. The van der Waals surface area contributed by atoms with Gasteiger partial charge in [0.1, 0.15) is 9.35 Å². The minimum Gasteiger partial charge on any atom is -0.357 e. The second kappa shape index (κ2) is 6.47. The van der Waals surface area contributed by atoms with Gasteiger partial charge in [-0.05, 0) is 53.0 Å². The zero-order valence-electron chi connectivity index (χ0n) is 8.96. The molecule has 0 N–H and O–H groups in total. The lowest BCUT2D eigenvalue weighted by Crippen LogP contribution is -2.32. The van der Waals surface area contributed by atoms with Crippen molar-refractivity contribution in [2.24, 2.45) is 0 Å². The van der Waals surface area contributed by atoms with Gasteiger partial charge in [0.2, 0.25) is 0 Å². The third kappa shape index (κ3) is 3.64. The highest BCUT2D eigenvalue weighted by Gasteiger charge is 2.14. The Morgan fingerprint density at radius 3 is 2.75 bits per heavy atom. The fourth-order valence-corrected chi connectivity index (χ4v) is 3.86. The van der Waals surface area contributed by atoms with Crippen molar-refractivity contribution in [2.45, 2.75) is 24.3 Å². The molecule has 2 rings (SSSR count). The van der Waals surface area contributed by atoms with E-state index in [1.807, 2.05) is 24.4 Å². The molecule has 0 atom stereocenters. The van der Waals surface area contributed by atoms with E-state index in [9.17, 15) is 0 Å². The molecular formula is C11H14N2S3. The summed E-state index contributed by atoms with van der Waals surface area (Å²) in [6.07, 6.45) is 5.70. The molecule has 5 heteroatoms. The maximum atomic E-state index is 5.41. The van der Waals surface area contributed by atoms with E-state index in [1.54, 1.807) is 21.6 Å². The van der Waals surface area contributed by atoms with Gasteiger partial charge < -0.3 is 4.90 Å². The van der Waals surface area contributed by atoms with Crippen molar-refractivity contribution in [1.82, 2.24) is 9.88 Å². The molecule has 1 aliphatic heterocycles. The molecule has 0 radical (unpaired) electrons. The zero-order chi connectivity index (χ0) is 11.2. The Kier molecular flexibility index (Phi) is 4.93. The summed E-state index contributed by atoms with van der Waals surface area (Å²) in [7, 11) is 3.29. The number of hydrogen-bond acceptors (Lipinski definition) is 4. The third-order valence-corrected chi connectivity index (χ3v) is 5.41. The summed E-state index contributed by atoms with van der Waals surface area (Å²) in [5.74, 6) is 0. The Morgan fingerprint density at radius 2 is 2.06 bits per heavy atom. The van der Waals surface area contributed by atoms with E-state index < -0.39 is 0 Å². The summed E-state index contributed by atoms with van der Waals surface area (Å²) < 4.78 is 0.996. The molecule has 0 aromatic carbocycles. The Hall–Kier alpha value is -0.260. The predicted octanol–water partition coefficient (Wildman–Crippen LogP) is 3.59. The van der Waals surface area contributed by atoms with Gasteiger partial charge in [-0.1, -0.05) is 18.3 Å². The van der Waals surface area contributed by atoms with Gasteiger partial charge in [0.25, 0.3) is 0 Å². The molecule has 0 spiro atoms. The van der Waals surface area contributed by atoms with E-state index in [4.69, 9.17) is 12.2 Å². The first-order valence-corrected chi connectivity index (χ1v) is 7.96. The quantitative estimate of drug-likeness (QED) is 0.601. The number of aromatic nitrogens is 1. The fraction of sp³-hybridized carbons (Fsp3) is 0.455. The van der Waals surface area contributed by atoms with Gasteiger partial charge in [-0.3, -0.25) is 0 Å². The van der Waals surface area contributed by atoms with E-state index in [-0.39, 0.29) is 0 Å². The summed E-state index contributed by atoms with van der Waals surface area (Å²) in [5.41, 5.74) is 0. The van der Waals surface area contributed by atoms with Crippen LogP contribution in [0, 0.1) is 0 Å². The molecule has 0 saturated carbocycles. The Labute approximate surface area is 110 Å². The van der Waals surface area contributed by atoms with Gasteiger partial charge in [0.05, 0.1) is 0 Å². The molecule has 16 heavy (non-hydrogen) atoms. The van der Waals surface area contributed by atoms with Crippen LogP contribution in [-0.2, 0) is 0 Å². The van der Waals surface area contributed by atoms with E-state index in [2.05, 4.69) is 9.88 Å². The normalized spacial score (nSPS) is 16.1.